The molecule has 2 saturated heterocycles. The number of likely N-dealkylation sites (tertiary alicyclic amines) is 2. The van der Waals surface area contributed by atoms with Crippen molar-refractivity contribution in [2.24, 2.45) is 0 Å². The molecular weight excluding hydrogens is 280 g/mol. The van der Waals surface area contributed by atoms with Crippen LogP contribution in [0.4, 0.5) is 0 Å². The molecule has 1 aromatic heterocycles. The number of carbonyl (C=O) groups is 1. The highest BCUT2D eigenvalue weighted by molar-refractivity contribution is 5.82. The summed E-state index contributed by atoms with van der Waals surface area (Å²) in [6, 6.07) is 0.0736. The van der Waals surface area contributed by atoms with Crippen LogP contribution in [-0.4, -0.2) is 58.1 Å². The molecule has 0 spiro atoms. The number of carbonyl (C=O) groups excluding carboxylic acids is 1. The van der Waals surface area contributed by atoms with Gasteiger partial charge in [0.2, 0.25) is 11.8 Å². The van der Waals surface area contributed by atoms with Crippen molar-refractivity contribution >= 4 is 5.91 Å². The number of nitrogens with zero attached hydrogens (tertiary/aromatic N) is 4. The monoisotopic (exact) mass is 306 g/mol. The number of likely N-dealkylation sites (N-methyl/N-ethyl adjacent to an activating group) is 1. The highest BCUT2D eigenvalue weighted by Gasteiger charge is 2.34. The van der Waals surface area contributed by atoms with E-state index >= 15 is 0 Å². The van der Waals surface area contributed by atoms with Crippen LogP contribution in [0, 0.1) is 6.92 Å². The van der Waals surface area contributed by atoms with Crippen LogP contribution in [0.15, 0.2) is 4.52 Å². The lowest BCUT2D eigenvalue weighted by atomic mass is 9.95. The molecule has 0 radical (unpaired) electrons. The van der Waals surface area contributed by atoms with Crippen LogP contribution < -0.4 is 0 Å². The summed E-state index contributed by atoms with van der Waals surface area (Å²) in [4.78, 5) is 21.6. The molecule has 6 heteroatoms. The molecule has 0 N–H and O–H groups in total. The van der Waals surface area contributed by atoms with Crippen molar-refractivity contribution in [3.63, 3.8) is 0 Å². The molecule has 2 aliphatic rings. The SMILES string of the molecule is CCN1CCCC[C@@H]1C(=O)N1CCC[C@H](c2noc(C)n2)C1. The second kappa shape index (κ2) is 6.77. The Morgan fingerprint density at radius 3 is 2.86 bits per heavy atom. The maximum atomic E-state index is 12.9. The Labute approximate surface area is 131 Å². The van der Waals surface area contributed by atoms with E-state index in [0.29, 0.717) is 11.8 Å². The van der Waals surface area contributed by atoms with E-state index in [9.17, 15) is 4.79 Å². The fourth-order valence-corrected chi connectivity index (χ4v) is 3.73. The van der Waals surface area contributed by atoms with Crippen molar-refractivity contribution < 1.29 is 9.32 Å². The summed E-state index contributed by atoms with van der Waals surface area (Å²) in [5.41, 5.74) is 0. The first-order chi connectivity index (χ1) is 10.7. The normalized spacial score (nSPS) is 27.1. The summed E-state index contributed by atoms with van der Waals surface area (Å²) < 4.78 is 5.09. The van der Waals surface area contributed by atoms with Crippen molar-refractivity contribution in [1.29, 1.82) is 0 Å². The lowest BCUT2D eigenvalue weighted by molar-refractivity contribution is -0.139. The Hall–Kier alpha value is -1.43. The fourth-order valence-electron chi connectivity index (χ4n) is 3.73. The summed E-state index contributed by atoms with van der Waals surface area (Å²) in [5.74, 6) is 1.87. The standard InChI is InChI=1S/C16H26N4O2/c1-3-19-9-5-4-8-14(19)16(21)20-10-6-7-13(11-20)15-17-12(2)22-18-15/h13-14H,3-11H2,1-2H3/t13-,14+/m0/s1. The molecule has 0 saturated carbocycles. The maximum Gasteiger partial charge on any atom is 0.239 e. The number of hydrogen-bond donors (Lipinski definition) is 0. The molecule has 1 amide bonds. The van der Waals surface area contributed by atoms with Gasteiger partial charge in [0.25, 0.3) is 0 Å². The molecule has 0 unspecified atom stereocenters. The summed E-state index contributed by atoms with van der Waals surface area (Å²) in [5, 5.41) is 4.04. The van der Waals surface area contributed by atoms with E-state index in [4.69, 9.17) is 4.52 Å². The zero-order valence-electron chi connectivity index (χ0n) is 13.6. The van der Waals surface area contributed by atoms with Gasteiger partial charge in [0, 0.05) is 25.9 Å². The zero-order chi connectivity index (χ0) is 15.5. The van der Waals surface area contributed by atoms with Crippen molar-refractivity contribution in [3.8, 4) is 0 Å². The van der Waals surface area contributed by atoms with Crippen molar-refractivity contribution in [1.82, 2.24) is 19.9 Å². The molecular formula is C16H26N4O2. The Morgan fingerprint density at radius 1 is 1.27 bits per heavy atom. The first-order valence-corrected chi connectivity index (χ1v) is 8.52. The summed E-state index contributed by atoms with van der Waals surface area (Å²) in [7, 11) is 0. The molecule has 22 heavy (non-hydrogen) atoms. The quantitative estimate of drug-likeness (QED) is 0.854. The third-order valence-corrected chi connectivity index (χ3v) is 4.95. The largest absolute Gasteiger partial charge is 0.341 e. The summed E-state index contributed by atoms with van der Waals surface area (Å²) in [6.07, 6.45) is 5.42. The van der Waals surface area contributed by atoms with Gasteiger partial charge in [-0.3, -0.25) is 9.69 Å². The van der Waals surface area contributed by atoms with Crippen LogP contribution in [0.5, 0.6) is 0 Å². The number of aryl methyl sites for hydroxylation is 1. The summed E-state index contributed by atoms with van der Waals surface area (Å²) >= 11 is 0. The van der Waals surface area contributed by atoms with E-state index in [-0.39, 0.29) is 12.0 Å². The Morgan fingerprint density at radius 2 is 2.14 bits per heavy atom. The smallest absolute Gasteiger partial charge is 0.239 e. The molecule has 2 fully saturated rings. The molecule has 3 heterocycles. The van der Waals surface area contributed by atoms with E-state index in [2.05, 4.69) is 22.0 Å². The van der Waals surface area contributed by atoms with Crippen LogP contribution in [0.1, 0.15) is 56.7 Å². The van der Waals surface area contributed by atoms with Gasteiger partial charge in [-0.05, 0) is 38.8 Å². The van der Waals surface area contributed by atoms with Gasteiger partial charge < -0.3 is 9.42 Å². The van der Waals surface area contributed by atoms with Gasteiger partial charge in [-0.2, -0.15) is 4.98 Å². The average Bonchev–Trinajstić information content (AvgIpc) is 3.01. The van der Waals surface area contributed by atoms with Gasteiger partial charge >= 0.3 is 0 Å². The average molecular weight is 306 g/mol. The van der Waals surface area contributed by atoms with Crippen LogP contribution in [0.3, 0.4) is 0 Å². The molecule has 0 bridgehead atoms. The van der Waals surface area contributed by atoms with Gasteiger partial charge in [0.15, 0.2) is 5.82 Å². The Bertz CT molecular complexity index is 516. The molecule has 3 rings (SSSR count). The number of hydrogen-bond acceptors (Lipinski definition) is 5. The van der Waals surface area contributed by atoms with E-state index in [1.807, 2.05) is 11.8 Å². The number of piperidine rings is 2. The minimum absolute atomic E-state index is 0.0736. The van der Waals surface area contributed by atoms with Crippen molar-refractivity contribution in [3.05, 3.63) is 11.7 Å². The molecule has 2 aliphatic heterocycles. The Kier molecular flexibility index (Phi) is 4.76. The van der Waals surface area contributed by atoms with Crippen LogP contribution >= 0.6 is 0 Å². The predicted octanol–water partition coefficient (Wildman–Crippen LogP) is 1.96. The topological polar surface area (TPSA) is 62.5 Å². The number of rotatable bonds is 3. The third kappa shape index (κ3) is 3.16. The maximum absolute atomic E-state index is 12.9. The van der Waals surface area contributed by atoms with Crippen molar-refractivity contribution in [2.75, 3.05) is 26.2 Å². The van der Waals surface area contributed by atoms with E-state index in [1.165, 1.54) is 6.42 Å². The van der Waals surface area contributed by atoms with Gasteiger partial charge in [0.05, 0.1) is 6.04 Å². The van der Waals surface area contributed by atoms with Crippen LogP contribution in [0.2, 0.25) is 0 Å². The highest BCUT2D eigenvalue weighted by Crippen LogP contribution is 2.27. The molecule has 122 valence electrons. The number of aromatic nitrogens is 2. The second-order valence-electron chi connectivity index (χ2n) is 6.44. The third-order valence-electron chi connectivity index (χ3n) is 4.95. The van der Waals surface area contributed by atoms with Crippen LogP contribution in [0.25, 0.3) is 0 Å². The van der Waals surface area contributed by atoms with Gasteiger partial charge in [-0.15, -0.1) is 0 Å². The number of amides is 1. The fraction of sp³-hybridized carbons (Fsp3) is 0.812. The van der Waals surface area contributed by atoms with Crippen LogP contribution in [-0.2, 0) is 4.79 Å². The highest BCUT2D eigenvalue weighted by atomic mass is 16.5. The zero-order valence-corrected chi connectivity index (χ0v) is 13.6. The van der Waals surface area contributed by atoms with Gasteiger partial charge in [-0.1, -0.05) is 18.5 Å². The Balaban J connectivity index is 1.67. The second-order valence-corrected chi connectivity index (χ2v) is 6.44. The van der Waals surface area contributed by atoms with Gasteiger partial charge in [0.1, 0.15) is 0 Å². The molecule has 2 atom stereocenters. The first kappa shape index (κ1) is 15.5. The van der Waals surface area contributed by atoms with E-state index in [1.54, 1.807) is 0 Å². The molecule has 6 nitrogen and oxygen atoms in total. The minimum Gasteiger partial charge on any atom is -0.341 e. The molecule has 0 aliphatic carbocycles. The van der Waals surface area contributed by atoms with Crippen molar-refractivity contribution in [2.45, 2.75) is 57.9 Å². The lowest BCUT2D eigenvalue weighted by Gasteiger charge is -2.39. The summed E-state index contributed by atoms with van der Waals surface area (Å²) in [6.45, 7) is 7.55. The minimum atomic E-state index is 0.0736. The molecule has 0 aromatic carbocycles. The van der Waals surface area contributed by atoms with E-state index in [0.717, 1.165) is 57.7 Å². The molecule has 1 aromatic rings. The lowest BCUT2D eigenvalue weighted by Crippen LogP contribution is -2.52. The predicted molar refractivity (Wildman–Crippen MR) is 82.5 cm³/mol. The van der Waals surface area contributed by atoms with E-state index < -0.39 is 0 Å². The first-order valence-electron chi connectivity index (χ1n) is 8.52. The van der Waals surface area contributed by atoms with Gasteiger partial charge in [-0.25, -0.2) is 0 Å².